The van der Waals surface area contributed by atoms with Crippen molar-refractivity contribution >= 4 is 38.1 Å². The highest BCUT2D eigenvalue weighted by atomic mass is 32.2. The van der Waals surface area contributed by atoms with Gasteiger partial charge in [0.25, 0.3) is 0 Å². The van der Waals surface area contributed by atoms with Crippen molar-refractivity contribution < 1.29 is 22.7 Å². The van der Waals surface area contributed by atoms with Crippen LogP contribution in [0.2, 0.25) is 0 Å². The molecule has 1 amide bonds. The number of sulfonamides is 1. The Balaban J connectivity index is 1.43. The molecule has 0 aliphatic rings. The number of hydrogen-bond donors (Lipinski definition) is 2. The number of carbonyl (C=O) groups is 1. The zero-order valence-corrected chi connectivity index (χ0v) is 19.5. The van der Waals surface area contributed by atoms with Crippen molar-refractivity contribution in [1.29, 1.82) is 0 Å². The minimum absolute atomic E-state index is 0.131. The standard InChI is InChI=1S/C22H25N3O5S2/c1-3-29-18-10-12-19(13-11-18)30-14-4-5-21(26)24-22-23-20(15-31-22)16-6-8-17(9-7-16)25-32(2,27)28/h6-13,15,25H,3-5,14H2,1-2H3,(H,23,24,26). The second kappa shape index (κ2) is 11.0. The summed E-state index contributed by atoms with van der Waals surface area (Å²) >= 11 is 1.33. The molecule has 0 unspecified atom stereocenters. The monoisotopic (exact) mass is 475 g/mol. The summed E-state index contributed by atoms with van der Waals surface area (Å²) in [5.74, 6) is 1.40. The van der Waals surface area contributed by atoms with E-state index in [2.05, 4.69) is 15.0 Å². The maximum atomic E-state index is 12.2. The minimum Gasteiger partial charge on any atom is -0.494 e. The van der Waals surface area contributed by atoms with Crippen LogP contribution in [0, 0.1) is 0 Å². The second-order valence-electron chi connectivity index (χ2n) is 6.89. The predicted molar refractivity (Wildman–Crippen MR) is 127 cm³/mol. The van der Waals surface area contributed by atoms with Gasteiger partial charge in [0, 0.05) is 23.1 Å². The molecule has 8 nitrogen and oxygen atoms in total. The lowest BCUT2D eigenvalue weighted by molar-refractivity contribution is -0.116. The van der Waals surface area contributed by atoms with Gasteiger partial charge >= 0.3 is 0 Å². The molecule has 0 fully saturated rings. The summed E-state index contributed by atoms with van der Waals surface area (Å²) in [6.07, 6.45) is 1.99. The van der Waals surface area contributed by atoms with E-state index >= 15 is 0 Å². The van der Waals surface area contributed by atoms with E-state index in [1.807, 2.05) is 36.6 Å². The molecule has 2 N–H and O–H groups in total. The highest BCUT2D eigenvalue weighted by molar-refractivity contribution is 7.92. The van der Waals surface area contributed by atoms with Gasteiger partial charge in [0.1, 0.15) is 11.5 Å². The topological polar surface area (TPSA) is 107 Å². The maximum Gasteiger partial charge on any atom is 0.229 e. The Hall–Kier alpha value is -3.11. The first kappa shape index (κ1) is 23.6. The van der Waals surface area contributed by atoms with E-state index in [1.165, 1.54) is 11.3 Å². The molecule has 32 heavy (non-hydrogen) atoms. The molecule has 2 aromatic carbocycles. The van der Waals surface area contributed by atoms with Crippen LogP contribution in [0.25, 0.3) is 11.3 Å². The predicted octanol–water partition coefficient (Wildman–Crippen LogP) is 4.38. The molecular weight excluding hydrogens is 450 g/mol. The quantitative estimate of drug-likeness (QED) is 0.399. The Kier molecular flexibility index (Phi) is 8.07. The zero-order valence-electron chi connectivity index (χ0n) is 17.8. The zero-order chi connectivity index (χ0) is 23.0. The summed E-state index contributed by atoms with van der Waals surface area (Å²) in [4.78, 5) is 16.6. The number of rotatable bonds is 11. The van der Waals surface area contributed by atoms with Crippen molar-refractivity contribution in [2.75, 3.05) is 29.5 Å². The van der Waals surface area contributed by atoms with Crippen LogP contribution in [0.5, 0.6) is 11.5 Å². The van der Waals surface area contributed by atoms with E-state index < -0.39 is 10.0 Å². The van der Waals surface area contributed by atoms with Crippen LogP contribution in [-0.4, -0.2) is 38.8 Å². The van der Waals surface area contributed by atoms with Crippen molar-refractivity contribution in [1.82, 2.24) is 4.98 Å². The third kappa shape index (κ3) is 7.54. The van der Waals surface area contributed by atoms with Gasteiger partial charge in [0.15, 0.2) is 5.13 Å². The molecule has 3 aromatic rings. The Bertz CT molecular complexity index is 1130. The molecule has 1 aromatic heterocycles. The first-order valence-corrected chi connectivity index (χ1v) is 12.8. The summed E-state index contributed by atoms with van der Waals surface area (Å²) < 4.78 is 36.0. The number of anilines is 2. The van der Waals surface area contributed by atoms with E-state index in [0.717, 1.165) is 23.3 Å². The van der Waals surface area contributed by atoms with Gasteiger partial charge in [-0.1, -0.05) is 12.1 Å². The van der Waals surface area contributed by atoms with Crippen molar-refractivity contribution in [2.24, 2.45) is 0 Å². The van der Waals surface area contributed by atoms with Gasteiger partial charge in [-0.3, -0.25) is 9.52 Å². The number of thiazole rings is 1. The molecule has 10 heteroatoms. The number of ether oxygens (including phenoxy) is 2. The summed E-state index contributed by atoms with van der Waals surface area (Å²) in [6, 6.07) is 14.2. The molecule has 0 aliphatic heterocycles. The molecule has 0 radical (unpaired) electrons. The Morgan fingerprint density at radius 1 is 1.03 bits per heavy atom. The number of nitrogens with one attached hydrogen (secondary N) is 2. The smallest absolute Gasteiger partial charge is 0.229 e. The van der Waals surface area contributed by atoms with Crippen LogP contribution in [0.15, 0.2) is 53.9 Å². The van der Waals surface area contributed by atoms with E-state index in [9.17, 15) is 13.2 Å². The molecular formula is C22H25N3O5S2. The largest absolute Gasteiger partial charge is 0.494 e. The van der Waals surface area contributed by atoms with Crippen molar-refractivity contribution in [3.05, 3.63) is 53.9 Å². The summed E-state index contributed by atoms with van der Waals surface area (Å²) in [7, 11) is -3.32. The number of amides is 1. The van der Waals surface area contributed by atoms with E-state index in [4.69, 9.17) is 9.47 Å². The average molecular weight is 476 g/mol. The lowest BCUT2D eigenvalue weighted by Crippen LogP contribution is -2.12. The molecule has 0 bridgehead atoms. The van der Waals surface area contributed by atoms with Gasteiger partial charge in [-0.15, -0.1) is 11.3 Å². The molecule has 0 spiro atoms. The molecule has 170 valence electrons. The van der Waals surface area contributed by atoms with Crippen LogP contribution in [-0.2, 0) is 14.8 Å². The number of carbonyl (C=O) groups excluding carboxylic acids is 1. The van der Waals surface area contributed by atoms with Crippen LogP contribution in [0.3, 0.4) is 0 Å². The number of aromatic nitrogens is 1. The Morgan fingerprint density at radius 3 is 2.31 bits per heavy atom. The summed E-state index contributed by atoms with van der Waals surface area (Å²) in [5.41, 5.74) is 2.01. The number of benzene rings is 2. The Morgan fingerprint density at radius 2 is 1.69 bits per heavy atom. The van der Waals surface area contributed by atoms with Crippen LogP contribution < -0.4 is 19.5 Å². The number of hydrogen-bond acceptors (Lipinski definition) is 7. The molecule has 0 atom stereocenters. The van der Waals surface area contributed by atoms with E-state index in [1.54, 1.807) is 24.3 Å². The lowest BCUT2D eigenvalue weighted by Gasteiger charge is -2.07. The fourth-order valence-electron chi connectivity index (χ4n) is 2.79. The molecule has 0 aliphatic carbocycles. The van der Waals surface area contributed by atoms with Crippen LogP contribution >= 0.6 is 11.3 Å². The number of nitrogens with zero attached hydrogens (tertiary/aromatic N) is 1. The van der Waals surface area contributed by atoms with Gasteiger partial charge in [-0.2, -0.15) is 0 Å². The molecule has 1 heterocycles. The first-order valence-electron chi connectivity index (χ1n) is 10.0. The highest BCUT2D eigenvalue weighted by Crippen LogP contribution is 2.26. The Labute approximate surface area is 191 Å². The van der Waals surface area contributed by atoms with E-state index in [0.29, 0.717) is 42.6 Å². The SMILES string of the molecule is CCOc1ccc(OCCCC(=O)Nc2nc(-c3ccc(NS(C)(=O)=O)cc3)cs2)cc1. The third-order valence-corrected chi connectivity index (χ3v) is 5.55. The van der Waals surface area contributed by atoms with Crippen LogP contribution in [0.1, 0.15) is 19.8 Å². The van der Waals surface area contributed by atoms with Crippen LogP contribution in [0.4, 0.5) is 10.8 Å². The van der Waals surface area contributed by atoms with Crippen molar-refractivity contribution in [3.63, 3.8) is 0 Å². The maximum absolute atomic E-state index is 12.2. The molecule has 0 saturated carbocycles. The van der Waals surface area contributed by atoms with E-state index in [-0.39, 0.29) is 5.91 Å². The second-order valence-corrected chi connectivity index (χ2v) is 9.50. The van der Waals surface area contributed by atoms with Gasteiger partial charge in [0.2, 0.25) is 15.9 Å². The van der Waals surface area contributed by atoms with Gasteiger partial charge in [0.05, 0.1) is 25.2 Å². The molecule has 0 saturated heterocycles. The summed E-state index contributed by atoms with van der Waals surface area (Å²) in [6.45, 7) is 2.98. The van der Waals surface area contributed by atoms with Crippen molar-refractivity contribution in [3.8, 4) is 22.8 Å². The van der Waals surface area contributed by atoms with Gasteiger partial charge in [-0.25, -0.2) is 13.4 Å². The third-order valence-electron chi connectivity index (χ3n) is 4.19. The van der Waals surface area contributed by atoms with Crippen molar-refractivity contribution in [2.45, 2.75) is 19.8 Å². The van der Waals surface area contributed by atoms with Gasteiger partial charge < -0.3 is 14.8 Å². The fraction of sp³-hybridized carbons (Fsp3) is 0.273. The highest BCUT2D eigenvalue weighted by Gasteiger charge is 2.09. The average Bonchev–Trinajstić information content (AvgIpc) is 3.20. The minimum atomic E-state index is -3.32. The molecule has 3 rings (SSSR count). The first-order chi connectivity index (χ1) is 15.3. The fourth-order valence-corrected chi connectivity index (χ4v) is 4.09. The van der Waals surface area contributed by atoms with Gasteiger partial charge in [-0.05, 0) is 49.7 Å². The normalized spacial score (nSPS) is 11.1. The lowest BCUT2D eigenvalue weighted by atomic mass is 10.1. The summed E-state index contributed by atoms with van der Waals surface area (Å²) in [5, 5.41) is 5.15.